The summed E-state index contributed by atoms with van der Waals surface area (Å²) in [5.41, 5.74) is 2.25. The molecule has 3 rings (SSSR count). The molecule has 2 aromatic rings. The molecule has 0 N–H and O–H groups in total. The first-order chi connectivity index (χ1) is 11.7. The first-order valence-electron chi connectivity index (χ1n) is 8.43. The van der Waals surface area contributed by atoms with Crippen molar-refractivity contribution in [3.05, 3.63) is 54.1 Å². The lowest BCUT2D eigenvalue weighted by Crippen LogP contribution is -2.44. The van der Waals surface area contributed by atoms with Gasteiger partial charge in [-0.3, -0.25) is 4.79 Å². The fourth-order valence-corrected chi connectivity index (χ4v) is 3.08. The Kier molecular flexibility index (Phi) is 5.04. The second-order valence-corrected chi connectivity index (χ2v) is 5.92. The maximum absolute atomic E-state index is 13.0. The molecule has 0 aliphatic carbocycles. The summed E-state index contributed by atoms with van der Waals surface area (Å²) in [6.45, 7) is 2.71. The second kappa shape index (κ2) is 7.39. The van der Waals surface area contributed by atoms with Gasteiger partial charge >= 0.3 is 0 Å². The quantitative estimate of drug-likeness (QED) is 0.838. The Morgan fingerprint density at radius 3 is 2.75 bits per heavy atom. The van der Waals surface area contributed by atoms with Crippen molar-refractivity contribution in [1.82, 2.24) is 0 Å². The van der Waals surface area contributed by atoms with Crippen LogP contribution in [0.25, 0.3) is 0 Å². The molecule has 24 heavy (non-hydrogen) atoms. The summed E-state index contributed by atoms with van der Waals surface area (Å²) in [7, 11) is 1.62. The molecule has 1 aliphatic rings. The Labute approximate surface area is 143 Å². The van der Waals surface area contributed by atoms with E-state index in [0.717, 1.165) is 30.8 Å². The average Bonchev–Trinajstić information content (AvgIpc) is 2.65. The molecular weight excluding hydrogens is 302 g/mol. The molecule has 1 heterocycles. The van der Waals surface area contributed by atoms with E-state index in [0.29, 0.717) is 12.2 Å². The van der Waals surface area contributed by atoms with Crippen LogP contribution in [0.1, 0.15) is 25.3 Å². The van der Waals surface area contributed by atoms with Crippen molar-refractivity contribution in [3.8, 4) is 11.5 Å². The van der Waals surface area contributed by atoms with Gasteiger partial charge in [0.1, 0.15) is 11.5 Å². The molecule has 0 saturated carbocycles. The minimum atomic E-state index is -0.497. The molecule has 0 radical (unpaired) electrons. The lowest BCUT2D eigenvalue weighted by molar-refractivity contribution is -0.125. The van der Waals surface area contributed by atoms with Gasteiger partial charge in [-0.1, -0.05) is 31.2 Å². The standard InChI is InChI=1S/C20H23NO3/c1-3-19(24-17-11-6-10-16(14-17)23-2)20(22)21-13-7-9-15-8-4-5-12-18(15)21/h4-6,8,10-12,14,19H,3,7,9,13H2,1-2H3/t19-/m0/s1. The van der Waals surface area contributed by atoms with Gasteiger partial charge in [-0.15, -0.1) is 0 Å². The summed E-state index contributed by atoms with van der Waals surface area (Å²) >= 11 is 0. The van der Waals surface area contributed by atoms with Gasteiger partial charge in [-0.2, -0.15) is 0 Å². The normalized spacial score (nSPS) is 14.7. The zero-order valence-electron chi connectivity index (χ0n) is 14.2. The molecule has 1 amide bonds. The van der Waals surface area contributed by atoms with Crippen LogP contribution in [0, 0.1) is 0 Å². The monoisotopic (exact) mass is 325 g/mol. The number of para-hydroxylation sites is 1. The molecule has 1 aliphatic heterocycles. The lowest BCUT2D eigenvalue weighted by Gasteiger charge is -2.32. The zero-order valence-corrected chi connectivity index (χ0v) is 14.2. The number of aryl methyl sites for hydroxylation is 1. The maximum atomic E-state index is 13.0. The van der Waals surface area contributed by atoms with Gasteiger partial charge in [0, 0.05) is 18.3 Å². The second-order valence-electron chi connectivity index (χ2n) is 5.92. The van der Waals surface area contributed by atoms with Crippen LogP contribution in [0.15, 0.2) is 48.5 Å². The van der Waals surface area contributed by atoms with E-state index < -0.39 is 6.10 Å². The third-order valence-electron chi connectivity index (χ3n) is 4.34. The number of anilines is 1. The molecule has 0 saturated heterocycles. The summed E-state index contributed by atoms with van der Waals surface area (Å²) in [6, 6.07) is 15.5. The first-order valence-corrected chi connectivity index (χ1v) is 8.43. The predicted octanol–water partition coefficient (Wildman–Crippen LogP) is 3.83. The highest BCUT2D eigenvalue weighted by Crippen LogP contribution is 2.28. The molecule has 0 spiro atoms. The topological polar surface area (TPSA) is 38.8 Å². The molecule has 4 nitrogen and oxygen atoms in total. The maximum Gasteiger partial charge on any atom is 0.268 e. The molecule has 4 heteroatoms. The Bertz CT molecular complexity index is 714. The van der Waals surface area contributed by atoms with Crippen LogP contribution in [0.2, 0.25) is 0 Å². The summed E-state index contributed by atoms with van der Waals surface area (Å²) in [5.74, 6) is 1.39. The largest absolute Gasteiger partial charge is 0.497 e. The van der Waals surface area contributed by atoms with E-state index in [1.165, 1.54) is 5.56 Å². The van der Waals surface area contributed by atoms with Crippen molar-refractivity contribution in [2.45, 2.75) is 32.3 Å². The van der Waals surface area contributed by atoms with Crippen LogP contribution in [0.3, 0.4) is 0 Å². The van der Waals surface area contributed by atoms with E-state index in [1.54, 1.807) is 13.2 Å². The van der Waals surface area contributed by atoms with E-state index in [2.05, 4.69) is 6.07 Å². The highest BCUT2D eigenvalue weighted by molar-refractivity contribution is 5.97. The van der Waals surface area contributed by atoms with Crippen LogP contribution in [0.5, 0.6) is 11.5 Å². The summed E-state index contributed by atoms with van der Waals surface area (Å²) in [4.78, 5) is 14.9. The van der Waals surface area contributed by atoms with Crippen molar-refractivity contribution >= 4 is 11.6 Å². The number of amides is 1. The number of carbonyl (C=O) groups excluding carboxylic acids is 1. The van der Waals surface area contributed by atoms with Crippen molar-refractivity contribution in [2.24, 2.45) is 0 Å². The number of ether oxygens (including phenoxy) is 2. The third kappa shape index (κ3) is 3.37. The number of benzene rings is 2. The van der Waals surface area contributed by atoms with Gasteiger partial charge in [0.05, 0.1) is 7.11 Å². The minimum absolute atomic E-state index is 0.0208. The Morgan fingerprint density at radius 2 is 1.96 bits per heavy atom. The number of fused-ring (bicyclic) bond motifs is 1. The fraction of sp³-hybridized carbons (Fsp3) is 0.350. The molecular formula is C20H23NO3. The highest BCUT2D eigenvalue weighted by atomic mass is 16.5. The number of hydrogen-bond acceptors (Lipinski definition) is 3. The minimum Gasteiger partial charge on any atom is -0.497 e. The predicted molar refractivity (Wildman–Crippen MR) is 94.8 cm³/mol. The summed E-state index contributed by atoms with van der Waals surface area (Å²) < 4.78 is 11.2. The number of rotatable bonds is 5. The van der Waals surface area contributed by atoms with Gasteiger partial charge in [-0.05, 0) is 43.0 Å². The van der Waals surface area contributed by atoms with Crippen LogP contribution < -0.4 is 14.4 Å². The first kappa shape index (κ1) is 16.4. The van der Waals surface area contributed by atoms with Gasteiger partial charge in [-0.25, -0.2) is 0 Å². The van der Waals surface area contributed by atoms with Crippen LogP contribution in [0.4, 0.5) is 5.69 Å². The van der Waals surface area contributed by atoms with E-state index in [-0.39, 0.29) is 5.91 Å². The molecule has 0 fully saturated rings. The van der Waals surface area contributed by atoms with Crippen molar-refractivity contribution in [2.75, 3.05) is 18.6 Å². The van der Waals surface area contributed by atoms with Crippen molar-refractivity contribution in [1.29, 1.82) is 0 Å². The number of carbonyl (C=O) groups is 1. The van der Waals surface area contributed by atoms with Gasteiger partial charge in [0.15, 0.2) is 6.10 Å². The molecule has 0 bridgehead atoms. The van der Waals surface area contributed by atoms with E-state index in [1.807, 2.05) is 48.2 Å². The third-order valence-corrected chi connectivity index (χ3v) is 4.34. The number of hydrogen-bond donors (Lipinski definition) is 0. The molecule has 0 unspecified atom stereocenters. The number of nitrogens with zero attached hydrogens (tertiary/aromatic N) is 1. The van der Waals surface area contributed by atoms with Crippen LogP contribution in [-0.2, 0) is 11.2 Å². The average molecular weight is 325 g/mol. The van der Waals surface area contributed by atoms with Crippen molar-refractivity contribution < 1.29 is 14.3 Å². The van der Waals surface area contributed by atoms with Crippen molar-refractivity contribution in [3.63, 3.8) is 0 Å². The fourth-order valence-electron chi connectivity index (χ4n) is 3.08. The highest BCUT2D eigenvalue weighted by Gasteiger charge is 2.29. The number of methoxy groups -OCH3 is 1. The molecule has 126 valence electrons. The van der Waals surface area contributed by atoms with Crippen LogP contribution >= 0.6 is 0 Å². The molecule has 1 atom stereocenters. The molecule has 0 aromatic heterocycles. The van der Waals surface area contributed by atoms with Gasteiger partial charge in [0.2, 0.25) is 0 Å². The van der Waals surface area contributed by atoms with Gasteiger partial charge < -0.3 is 14.4 Å². The Hall–Kier alpha value is -2.49. The smallest absolute Gasteiger partial charge is 0.268 e. The van der Waals surface area contributed by atoms with Crippen LogP contribution in [-0.4, -0.2) is 25.7 Å². The van der Waals surface area contributed by atoms with E-state index in [9.17, 15) is 4.79 Å². The SMILES string of the molecule is CC[C@H](Oc1cccc(OC)c1)C(=O)N1CCCc2ccccc21. The van der Waals surface area contributed by atoms with Gasteiger partial charge in [0.25, 0.3) is 5.91 Å². The van der Waals surface area contributed by atoms with E-state index in [4.69, 9.17) is 9.47 Å². The summed E-state index contributed by atoms with van der Waals surface area (Å²) in [6.07, 6.45) is 2.13. The Morgan fingerprint density at radius 1 is 1.17 bits per heavy atom. The zero-order chi connectivity index (χ0) is 16.9. The lowest BCUT2D eigenvalue weighted by atomic mass is 10.0. The summed E-state index contributed by atoms with van der Waals surface area (Å²) in [5, 5.41) is 0. The van der Waals surface area contributed by atoms with E-state index >= 15 is 0 Å². The Balaban J connectivity index is 1.80. The molecule has 2 aromatic carbocycles.